The van der Waals surface area contributed by atoms with Crippen molar-refractivity contribution in [2.75, 3.05) is 45.6 Å². The van der Waals surface area contributed by atoms with Crippen molar-refractivity contribution in [1.29, 1.82) is 0 Å². The summed E-state index contributed by atoms with van der Waals surface area (Å²) in [7, 11) is 3.66. The molecule has 3 rings (SSSR count). The summed E-state index contributed by atoms with van der Waals surface area (Å²) in [5, 5.41) is 3.11. The lowest BCUT2D eigenvalue weighted by Crippen LogP contribution is -2.40. The summed E-state index contributed by atoms with van der Waals surface area (Å²) >= 11 is 0. The second kappa shape index (κ2) is 10.9. The molecule has 0 atom stereocenters. The minimum Gasteiger partial charge on any atom is -0.376 e. The zero-order chi connectivity index (χ0) is 24.9. The summed E-state index contributed by atoms with van der Waals surface area (Å²) in [6, 6.07) is 7.84. The first kappa shape index (κ1) is 25.5. The van der Waals surface area contributed by atoms with E-state index in [-0.39, 0.29) is 43.6 Å². The summed E-state index contributed by atoms with van der Waals surface area (Å²) in [6.45, 7) is 3.45. The van der Waals surface area contributed by atoms with E-state index in [9.17, 15) is 22.8 Å². The van der Waals surface area contributed by atoms with Crippen molar-refractivity contribution in [3.05, 3.63) is 58.9 Å². The van der Waals surface area contributed by atoms with Crippen LogP contribution in [0.3, 0.4) is 0 Å². The van der Waals surface area contributed by atoms with Crippen molar-refractivity contribution < 1.29 is 22.8 Å². The average molecular weight is 478 g/mol. The number of fused-ring (bicyclic) bond motifs is 1. The molecule has 0 radical (unpaired) electrons. The molecule has 0 aliphatic carbocycles. The fourth-order valence-corrected chi connectivity index (χ4v) is 3.90. The van der Waals surface area contributed by atoms with E-state index in [0.717, 1.165) is 17.2 Å². The van der Waals surface area contributed by atoms with E-state index < -0.39 is 11.7 Å². The minimum atomic E-state index is -4.56. The normalized spacial score (nSPS) is 13.7. The third-order valence-corrected chi connectivity index (χ3v) is 5.83. The van der Waals surface area contributed by atoms with E-state index in [1.807, 2.05) is 44.1 Å². The number of aromatic nitrogens is 1. The molecule has 34 heavy (non-hydrogen) atoms. The van der Waals surface area contributed by atoms with E-state index in [1.165, 1.54) is 17.2 Å². The van der Waals surface area contributed by atoms with Crippen molar-refractivity contribution in [3.8, 4) is 0 Å². The maximum atomic E-state index is 13.4. The quantitative estimate of drug-likeness (QED) is 0.602. The summed E-state index contributed by atoms with van der Waals surface area (Å²) in [4.78, 5) is 34.4. The molecule has 0 fully saturated rings. The predicted molar refractivity (Wildman–Crippen MR) is 123 cm³/mol. The van der Waals surface area contributed by atoms with Gasteiger partial charge in [-0.3, -0.25) is 14.6 Å². The number of nitrogens with zero attached hydrogens (tertiary/aromatic N) is 4. The van der Waals surface area contributed by atoms with Gasteiger partial charge in [-0.1, -0.05) is 12.1 Å². The third-order valence-electron chi connectivity index (χ3n) is 5.83. The van der Waals surface area contributed by atoms with E-state index in [1.54, 1.807) is 4.90 Å². The highest BCUT2D eigenvalue weighted by Gasteiger charge is 2.34. The number of alkyl halides is 3. The Morgan fingerprint density at radius 1 is 1.18 bits per heavy atom. The number of hydrogen-bond donors (Lipinski definition) is 1. The second-order valence-corrected chi connectivity index (χ2v) is 8.50. The number of carbonyl (C=O) groups is 2. The average Bonchev–Trinajstić information content (AvgIpc) is 2.79. The first-order valence-electron chi connectivity index (χ1n) is 11.2. The number of benzene rings is 1. The topological polar surface area (TPSA) is 68.8 Å². The van der Waals surface area contributed by atoms with E-state index in [4.69, 9.17) is 0 Å². The van der Waals surface area contributed by atoms with Gasteiger partial charge in [0, 0.05) is 38.1 Å². The second-order valence-electron chi connectivity index (χ2n) is 8.50. The van der Waals surface area contributed by atoms with Crippen molar-refractivity contribution in [2.45, 2.75) is 32.6 Å². The van der Waals surface area contributed by atoms with Gasteiger partial charge in [-0.2, -0.15) is 13.2 Å². The van der Waals surface area contributed by atoms with Gasteiger partial charge in [-0.05, 0) is 50.3 Å². The molecule has 1 aliphatic rings. The highest BCUT2D eigenvalue weighted by atomic mass is 19.4. The molecule has 1 aromatic carbocycles. The number of rotatable bonds is 9. The van der Waals surface area contributed by atoms with Gasteiger partial charge in [0.05, 0.1) is 30.8 Å². The lowest BCUT2D eigenvalue weighted by Gasteiger charge is -2.29. The van der Waals surface area contributed by atoms with Gasteiger partial charge in [-0.25, -0.2) is 0 Å². The summed E-state index contributed by atoms with van der Waals surface area (Å²) in [6.07, 6.45) is -3.02. The molecule has 1 N–H and O–H groups in total. The molecule has 2 heterocycles. The minimum absolute atomic E-state index is 0.0259. The highest BCUT2D eigenvalue weighted by Crippen LogP contribution is 2.31. The molecule has 0 bridgehead atoms. The van der Waals surface area contributed by atoms with Gasteiger partial charge < -0.3 is 20.0 Å². The molecule has 2 aromatic rings. The molecular formula is C24H30F3N5O2. The van der Waals surface area contributed by atoms with Crippen molar-refractivity contribution >= 4 is 17.5 Å². The van der Waals surface area contributed by atoms with Gasteiger partial charge in [0.15, 0.2) is 0 Å². The van der Waals surface area contributed by atoms with Crippen LogP contribution in [0.4, 0.5) is 18.9 Å². The predicted octanol–water partition coefficient (Wildman–Crippen LogP) is 3.01. The van der Waals surface area contributed by atoms with Crippen LogP contribution in [0, 0.1) is 0 Å². The Bertz CT molecular complexity index is 1030. The third kappa shape index (κ3) is 6.25. The number of carbonyl (C=O) groups excluding carboxylic acids is 2. The lowest BCUT2D eigenvalue weighted by molar-refractivity contribution is -0.140. The molecule has 0 unspecified atom stereocenters. The highest BCUT2D eigenvalue weighted by molar-refractivity contribution is 5.85. The number of anilines is 1. The molecule has 7 nitrogen and oxygen atoms in total. The number of pyridine rings is 1. The molecule has 0 spiro atoms. The number of amides is 2. The Kier molecular flexibility index (Phi) is 8.14. The van der Waals surface area contributed by atoms with Gasteiger partial charge in [0.2, 0.25) is 11.8 Å². The van der Waals surface area contributed by atoms with Gasteiger partial charge >= 0.3 is 6.18 Å². The number of halogens is 3. The van der Waals surface area contributed by atoms with Crippen LogP contribution < -0.4 is 5.32 Å². The zero-order valence-corrected chi connectivity index (χ0v) is 19.7. The summed E-state index contributed by atoms with van der Waals surface area (Å²) in [5.41, 5.74) is 1.53. The van der Waals surface area contributed by atoms with Crippen molar-refractivity contribution in [1.82, 2.24) is 19.7 Å². The zero-order valence-electron chi connectivity index (χ0n) is 19.7. The molecule has 2 amide bonds. The van der Waals surface area contributed by atoms with E-state index in [0.29, 0.717) is 25.3 Å². The first-order valence-corrected chi connectivity index (χ1v) is 11.2. The smallest absolute Gasteiger partial charge is 0.376 e. The van der Waals surface area contributed by atoms with Crippen LogP contribution in [-0.4, -0.2) is 71.8 Å². The van der Waals surface area contributed by atoms with Crippen molar-refractivity contribution in [3.63, 3.8) is 0 Å². The Labute approximate surface area is 197 Å². The van der Waals surface area contributed by atoms with Crippen LogP contribution in [0.5, 0.6) is 0 Å². The number of hydrogen-bond acceptors (Lipinski definition) is 5. The Morgan fingerprint density at radius 2 is 1.94 bits per heavy atom. The van der Waals surface area contributed by atoms with Crippen LogP contribution in [0.15, 0.2) is 36.5 Å². The lowest BCUT2D eigenvalue weighted by atomic mass is 9.97. The maximum absolute atomic E-state index is 13.4. The van der Waals surface area contributed by atoms with Gasteiger partial charge in [0.25, 0.3) is 0 Å². The van der Waals surface area contributed by atoms with Crippen LogP contribution in [0.2, 0.25) is 0 Å². The van der Waals surface area contributed by atoms with Crippen LogP contribution in [0.1, 0.15) is 29.3 Å². The van der Waals surface area contributed by atoms with E-state index in [2.05, 4.69) is 10.3 Å². The van der Waals surface area contributed by atoms with Crippen LogP contribution in [-0.2, 0) is 35.3 Å². The largest absolute Gasteiger partial charge is 0.418 e. The fraction of sp³-hybridized carbons (Fsp3) is 0.458. The molecule has 0 saturated heterocycles. The van der Waals surface area contributed by atoms with Crippen LogP contribution in [0.25, 0.3) is 0 Å². The Hall–Kier alpha value is -3.14. The van der Waals surface area contributed by atoms with Crippen LogP contribution >= 0.6 is 0 Å². The van der Waals surface area contributed by atoms with Gasteiger partial charge in [-0.15, -0.1) is 0 Å². The monoisotopic (exact) mass is 477 g/mol. The number of likely N-dealkylation sites (N-methyl/N-ethyl adjacent to an activating group) is 2. The molecule has 1 aromatic heterocycles. The summed E-state index contributed by atoms with van der Waals surface area (Å²) in [5.74, 6) is -0.325. The molecule has 1 aliphatic heterocycles. The van der Waals surface area contributed by atoms with Gasteiger partial charge in [0.1, 0.15) is 0 Å². The fourth-order valence-electron chi connectivity index (χ4n) is 3.90. The molecular weight excluding hydrogens is 447 g/mol. The molecule has 184 valence electrons. The van der Waals surface area contributed by atoms with Crippen molar-refractivity contribution in [2.24, 2.45) is 0 Å². The molecule has 10 heteroatoms. The molecule has 0 saturated carbocycles. The van der Waals surface area contributed by atoms with E-state index >= 15 is 0 Å². The number of nitrogens with one attached hydrogen (secondary N) is 1. The SMILES string of the molecule is CCN1Cc2cccc(NCC(=O)N(CCN(C)C)Cc3ncccc3C(F)(F)F)c2CC1=O. The first-order chi connectivity index (χ1) is 16.1. The maximum Gasteiger partial charge on any atom is 0.418 e. The summed E-state index contributed by atoms with van der Waals surface area (Å²) < 4.78 is 40.3. The standard InChI is InChI=1S/C24H30F3N5O2/c1-4-31-15-17-7-5-9-20(18(17)13-22(31)33)29-14-23(34)32(12-11-30(2)3)16-21-19(24(25,26)27)8-6-10-28-21/h5-10,29H,4,11-16H2,1-3H3. The Morgan fingerprint density at radius 3 is 2.62 bits per heavy atom. The Balaban J connectivity index is 1.76.